The highest BCUT2D eigenvalue weighted by Crippen LogP contribution is 2.17. The van der Waals surface area contributed by atoms with Gasteiger partial charge in [0.1, 0.15) is 11.8 Å². The van der Waals surface area contributed by atoms with Gasteiger partial charge in [-0.05, 0) is 43.5 Å². The van der Waals surface area contributed by atoms with Crippen LogP contribution in [-0.4, -0.2) is 36.4 Å². The van der Waals surface area contributed by atoms with Gasteiger partial charge >= 0.3 is 0 Å². The lowest BCUT2D eigenvalue weighted by molar-refractivity contribution is -0.140. The lowest BCUT2D eigenvalue weighted by Gasteiger charge is -2.30. The van der Waals surface area contributed by atoms with Crippen molar-refractivity contribution in [2.24, 2.45) is 0 Å². The summed E-state index contributed by atoms with van der Waals surface area (Å²) in [6.07, 6.45) is 0.829. The number of carbonyl (C=O) groups excluding carboxylic acids is 2. The Bertz CT molecular complexity index is 787. The lowest BCUT2D eigenvalue weighted by Crippen LogP contribution is -2.49. The number of hydrogen-bond acceptors (Lipinski definition) is 3. The highest BCUT2D eigenvalue weighted by molar-refractivity contribution is 5.88. The summed E-state index contributed by atoms with van der Waals surface area (Å²) in [5, 5.41) is 2.86. The molecular weight excluding hydrogens is 352 g/mol. The SMILES string of the molecule is CCNC(=O)[C@H](CC)N(Cc1ccc(OC)cc1)C(=O)Cc1cccc(C)c1. The molecule has 0 radical (unpaired) electrons. The van der Waals surface area contributed by atoms with Crippen molar-refractivity contribution in [3.05, 3.63) is 65.2 Å². The molecule has 28 heavy (non-hydrogen) atoms. The summed E-state index contributed by atoms with van der Waals surface area (Å²) < 4.78 is 5.21. The minimum absolute atomic E-state index is 0.0560. The number of nitrogens with one attached hydrogen (secondary N) is 1. The lowest BCUT2D eigenvalue weighted by atomic mass is 10.1. The Kier molecular flexibility index (Phi) is 8.05. The molecule has 2 amide bonds. The van der Waals surface area contributed by atoms with Crippen molar-refractivity contribution in [1.29, 1.82) is 0 Å². The van der Waals surface area contributed by atoms with Gasteiger partial charge in [-0.15, -0.1) is 0 Å². The van der Waals surface area contributed by atoms with Crippen molar-refractivity contribution < 1.29 is 14.3 Å². The number of rotatable bonds is 9. The third-order valence-electron chi connectivity index (χ3n) is 4.69. The molecule has 0 saturated carbocycles. The van der Waals surface area contributed by atoms with Crippen molar-refractivity contribution >= 4 is 11.8 Å². The zero-order chi connectivity index (χ0) is 20.5. The van der Waals surface area contributed by atoms with Crippen molar-refractivity contribution in [3.8, 4) is 5.75 Å². The van der Waals surface area contributed by atoms with Gasteiger partial charge in [0.2, 0.25) is 11.8 Å². The van der Waals surface area contributed by atoms with Crippen LogP contribution < -0.4 is 10.1 Å². The molecule has 0 aromatic heterocycles. The molecule has 2 aromatic rings. The number of likely N-dealkylation sites (N-methyl/N-ethyl adjacent to an activating group) is 1. The summed E-state index contributed by atoms with van der Waals surface area (Å²) in [4.78, 5) is 27.5. The molecule has 5 heteroatoms. The molecule has 0 bridgehead atoms. The van der Waals surface area contributed by atoms with E-state index in [0.717, 1.165) is 22.4 Å². The second-order valence-corrected chi connectivity index (χ2v) is 6.85. The largest absolute Gasteiger partial charge is 0.497 e. The fourth-order valence-electron chi connectivity index (χ4n) is 3.24. The van der Waals surface area contributed by atoms with Gasteiger partial charge in [-0.25, -0.2) is 0 Å². The van der Waals surface area contributed by atoms with E-state index < -0.39 is 6.04 Å². The number of carbonyl (C=O) groups is 2. The molecule has 0 fully saturated rings. The van der Waals surface area contributed by atoms with Gasteiger partial charge in [0.25, 0.3) is 0 Å². The summed E-state index contributed by atoms with van der Waals surface area (Å²) in [6.45, 7) is 6.74. The Labute approximate surface area is 167 Å². The number of amides is 2. The predicted octanol–water partition coefficient (Wildman–Crippen LogP) is 3.49. The molecule has 0 spiro atoms. The molecule has 0 aliphatic heterocycles. The van der Waals surface area contributed by atoms with Crippen molar-refractivity contribution in [3.63, 3.8) is 0 Å². The molecule has 0 aliphatic rings. The van der Waals surface area contributed by atoms with E-state index in [9.17, 15) is 9.59 Å². The fourth-order valence-corrected chi connectivity index (χ4v) is 3.24. The maximum absolute atomic E-state index is 13.2. The molecule has 0 saturated heterocycles. The Morgan fingerprint density at radius 1 is 1.07 bits per heavy atom. The predicted molar refractivity (Wildman–Crippen MR) is 111 cm³/mol. The van der Waals surface area contributed by atoms with Gasteiger partial charge in [-0.1, -0.05) is 48.9 Å². The zero-order valence-electron chi connectivity index (χ0n) is 17.2. The van der Waals surface area contributed by atoms with Crippen molar-refractivity contribution in [2.45, 2.75) is 46.2 Å². The topological polar surface area (TPSA) is 58.6 Å². The Morgan fingerprint density at radius 3 is 2.36 bits per heavy atom. The summed E-state index contributed by atoms with van der Waals surface area (Å²) in [5.74, 6) is 0.591. The molecule has 5 nitrogen and oxygen atoms in total. The number of hydrogen-bond donors (Lipinski definition) is 1. The van der Waals surface area contributed by atoms with Gasteiger partial charge in [-0.3, -0.25) is 9.59 Å². The van der Waals surface area contributed by atoms with E-state index in [1.165, 1.54) is 0 Å². The summed E-state index contributed by atoms with van der Waals surface area (Å²) in [7, 11) is 1.62. The van der Waals surface area contributed by atoms with Crippen LogP contribution in [0.3, 0.4) is 0 Å². The van der Waals surface area contributed by atoms with Crippen LogP contribution in [0.5, 0.6) is 5.75 Å². The molecule has 0 aliphatic carbocycles. The van der Waals surface area contributed by atoms with Crippen LogP contribution in [0.2, 0.25) is 0 Å². The Hall–Kier alpha value is -2.82. The average molecular weight is 383 g/mol. The van der Waals surface area contributed by atoms with E-state index in [1.807, 2.05) is 69.3 Å². The standard InChI is InChI=1S/C23H30N2O3/c1-5-21(23(27)24-6-2)25(16-18-10-12-20(28-4)13-11-18)22(26)15-19-9-7-8-17(3)14-19/h7-14,21H,5-6,15-16H2,1-4H3,(H,24,27)/t21-/m0/s1. The quantitative estimate of drug-likeness (QED) is 0.722. The van der Waals surface area contributed by atoms with Gasteiger partial charge in [0.05, 0.1) is 13.5 Å². The summed E-state index contributed by atoms with van der Waals surface area (Å²) >= 11 is 0. The number of aryl methyl sites for hydroxylation is 1. The molecule has 150 valence electrons. The van der Waals surface area contributed by atoms with Crippen LogP contribution in [0, 0.1) is 6.92 Å². The Balaban J connectivity index is 2.27. The maximum atomic E-state index is 13.2. The second-order valence-electron chi connectivity index (χ2n) is 6.85. The van der Waals surface area contributed by atoms with Crippen LogP contribution in [0.4, 0.5) is 0 Å². The number of nitrogens with zero attached hydrogens (tertiary/aromatic N) is 1. The number of benzene rings is 2. The Morgan fingerprint density at radius 2 is 1.79 bits per heavy atom. The molecule has 1 atom stereocenters. The van der Waals surface area contributed by atoms with Crippen LogP contribution in [0.25, 0.3) is 0 Å². The van der Waals surface area contributed by atoms with Crippen LogP contribution >= 0.6 is 0 Å². The third-order valence-corrected chi connectivity index (χ3v) is 4.69. The molecule has 0 heterocycles. The first-order chi connectivity index (χ1) is 13.5. The molecule has 1 N–H and O–H groups in total. The minimum atomic E-state index is -0.501. The van der Waals surface area contributed by atoms with Gasteiger partial charge < -0.3 is 15.0 Å². The number of ether oxygens (including phenoxy) is 1. The van der Waals surface area contributed by atoms with E-state index in [4.69, 9.17) is 4.74 Å². The minimum Gasteiger partial charge on any atom is -0.497 e. The van der Waals surface area contributed by atoms with Crippen LogP contribution in [0.15, 0.2) is 48.5 Å². The number of methoxy groups -OCH3 is 1. The maximum Gasteiger partial charge on any atom is 0.242 e. The molecule has 2 aromatic carbocycles. The van der Waals surface area contributed by atoms with E-state index in [2.05, 4.69) is 5.32 Å². The van der Waals surface area contributed by atoms with E-state index in [0.29, 0.717) is 19.5 Å². The van der Waals surface area contributed by atoms with E-state index in [-0.39, 0.29) is 18.2 Å². The molecule has 0 unspecified atom stereocenters. The van der Waals surface area contributed by atoms with Crippen molar-refractivity contribution in [2.75, 3.05) is 13.7 Å². The summed E-state index contributed by atoms with van der Waals surface area (Å²) in [6, 6.07) is 15.0. The third kappa shape index (κ3) is 5.84. The highest BCUT2D eigenvalue weighted by Gasteiger charge is 2.28. The first kappa shape index (κ1) is 21.5. The fraction of sp³-hybridized carbons (Fsp3) is 0.391. The average Bonchev–Trinajstić information content (AvgIpc) is 2.68. The van der Waals surface area contributed by atoms with Crippen molar-refractivity contribution in [1.82, 2.24) is 10.2 Å². The van der Waals surface area contributed by atoms with Gasteiger partial charge in [0.15, 0.2) is 0 Å². The van der Waals surface area contributed by atoms with Crippen LogP contribution in [-0.2, 0) is 22.6 Å². The van der Waals surface area contributed by atoms with Crippen LogP contribution in [0.1, 0.15) is 37.0 Å². The summed E-state index contributed by atoms with van der Waals surface area (Å²) in [5.41, 5.74) is 3.03. The van der Waals surface area contributed by atoms with E-state index >= 15 is 0 Å². The first-order valence-corrected chi connectivity index (χ1v) is 9.74. The monoisotopic (exact) mass is 382 g/mol. The van der Waals surface area contributed by atoms with E-state index in [1.54, 1.807) is 12.0 Å². The van der Waals surface area contributed by atoms with Gasteiger partial charge in [-0.2, -0.15) is 0 Å². The smallest absolute Gasteiger partial charge is 0.242 e. The molecular formula is C23H30N2O3. The molecule has 2 rings (SSSR count). The van der Waals surface area contributed by atoms with Gasteiger partial charge in [0, 0.05) is 13.1 Å². The first-order valence-electron chi connectivity index (χ1n) is 9.74. The highest BCUT2D eigenvalue weighted by atomic mass is 16.5. The second kappa shape index (κ2) is 10.5. The normalized spacial score (nSPS) is 11.6. The zero-order valence-corrected chi connectivity index (χ0v) is 17.2.